The molecule has 1 aliphatic heterocycles. The van der Waals surface area contributed by atoms with Crippen molar-refractivity contribution in [2.45, 2.75) is 32.7 Å². The van der Waals surface area contributed by atoms with Crippen LogP contribution in [0.25, 0.3) is 0 Å². The summed E-state index contributed by atoms with van der Waals surface area (Å²) in [6.07, 6.45) is 0.403. The summed E-state index contributed by atoms with van der Waals surface area (Å²) in [6.45, 7) is 11.6. The smallest absolute Gasteiger partial charge is 0.236 e. The van der Waals surface area contributed by atoms with Crippen LogP contribution in [0.15, 0.2) is 0 Å². The van der Waals surface area contributed by atoms with E-state index in [1.807, 2.05) is 0 Å². The van der Waals surface area contributed by atoms with Crippen molar-refractivity contribution in [3.63, 3.8) is 0 Å². The van der Waals surface area contributed by atoms with Crippen LogP contribution in [0.4, 0.5) is 0 Å². The SMILES string of the molecule is CN(CCC#N)C(=O)CN1CCN(C(C)(C)C)CC1. The largest absolute Gasteiger partial charge is 0.344 e. The molecule has 1 amide bonds. The first-order valence-corrected chi connectivity index (χ1v) is 6.93. The Labute approximate surface area is 116 Å². The highest BCUT2D eigenvalue weighted by Gasteiger charge is 2.26. The first kappa shape index (κ1) is 15.9. The predicted molar refractivity (Wildman–Crippen MR) is 75.6 cm³/mol. The summed E-state index contributed by atoms with van der Waals surface area (Å²) >= 11 is 0. The molecule has 0 unspecified atom stereocenters. The number of amides is 1. The summed E-state index contributed by atoms with van der Waals surface area (Å²) in [4.78, 5) is 18.3. The number of likely N-dealkylation sites (N-methyl/N-ethyl adjacent to an activating group) is 1. The van der Waals surface area contributed by atoms with Gasteiger partial charge in [-0.05, 0) is 20.8 Å². The van der Waals surface area contributed by atoms with E-state index in [1.54, 1.807) is 11.9 Å². The topological polar surface area (TPSA) is 50.6 Å². The van der Waals surface area contributed by atoms with E-state index in [0.717, 1.165) is 26.2 Å². The third-order valence-corrected chi connectivity index (χ3v) is 3.66. The first-order valence-electron chi connectivity index (χ1n) is 6.93. The monoisotopic (exact) mass is 266 g/mol. The Hall–Kier alpha value is -1.12. The van der Waals surface area contributed by atoms with E-state index < -0.39 is 0 Å². The molecule has 0 aromatic carbocycles. The van der Waals surface area contributed by atoms with Gasteiger partial charge in [-0.1, -0.05) is 0 Å². The summed E-state index contributed by atoms with van der Waals surface area (Å²) in [5, 5.41) is 8.52. The van der Waals surface area contributed by atoms with Crippen molar-refractivity contribution in [3.8, 4) is 6.07 Å². The molecule has 1 rings (SSSR count). The maximum Gasteiger partial charge on any atom is 0.236 e. The number of carbonyl (C=O) groups excluding carboxylic acids is 1. The normalized spacial score (nSPS) is 18.1. The summed E-state index contributed by atoms with van der Waals surface area (Å²) < 4.78 is 0. The molecule has 1 fully saturated rings. The fourth-order valence-electron chi connectivity index (χ4n) is 2.23. The van der Waals surface area contributed by atoms with Crippen LogP contribution in [0.3, 0.4) is 0 Å². The molecule has 0 aliphatic carbocycles. The van der Waals surface area contributed by atoms with Crippen LogP contribution in [-0.2, 0) is 4.79 Å². The predicted octanol–water partition coefficient (Wildman–Crippen LogP) is 0.775. The third kappa shape index (κ3) is 5.17. The molecule has 0 aromatic rings. The van der Waals surface area contributed by atoms with Crippen molar-refractivity contribution in [1.82, 2.24) is 14.7 Å². The van der Waals surface area contributed by atoms with Gasteiger partial charge in [-0.15, -0.1) is 0 Å². The van der Waals surface area contributed by atoms with Crippen LogP contribution in [0.2, 0.25) is 0 Å². The zero-order valence-corrected chi connectivity index (χ0v) is 12.6. The van der Waals surface area contributed by atoms with Gasteiger partial charge in [0.25, 0.3) is 0 Å². The molecule has 5 nitrogen and oxygen atoms in total. The molecule has 1 heterocycles. The van der Waals surface area contributed by atoms with Gasteiger partial charge in [0, 0.05) is 45.3 Å². The number of hydrogen-bond donors (Lipinski definition) is 0. The van der Waals surface area contributed by atoms with E-state index in [0.29, 0.717) is 19.5 Å². The highest BCUT2D eigenvalue weighted by molar-refractivity contribution is 5.78. The van der Waals surface area contributed by atoms with E-state index in [2.05, 4.69) is 36.6 Å². The summed E-state index contributed by atoms with van der Waals surface area (Å²) in [5.41, 5.74) is 0.208. The molecule has 0 bridgehead atoms. The quantitative estimate of drug-likeness (QED) is 0.754. The van der Waals surface area contributed by atoms with E-state index in [9.17, 15) is 4.79 Å². The number of rotatable bonds is 4. The second-order valence-electron chi connectivity index (χ2n) is 6.16. The summed E-state index contributed by atoms with van der Waals surface area (Å²) in [5.74, 6) is 0.111. The summed E-state index contributed by atoms with van der Waals surface area (Å²) in [6, 6.07) is 2.07. The van der Waals surface area contributed by atoms with Crippen LogP contribution in [0.5, 0.6) is 0 Å². The van der Waals surface area contributed by atoms with E-state index in [4.69, 9.17) is 5.26 Å². The minimum Gasteiger partial charge on any atom is -0.344 e. The lowest BCUT2D eigenvalue weighted by atomic mass is 10.1. The Balaban J connectivity index is 2.33. The van der Waals surface area contributed by atoms with Gasteiger partial charge in [-0.3, -0.25) is 14.6 Å². The summed E-state index contributed by atoms with van der Waals surface area (Å²) in [7, 11) is 1.77. The Morgan fingerprint density at radius 1 is 1.26 bits per heavy atom. The van der Waals surface area contributed by atoms with Gasteiger partial charge in [0.15, 0.2) is 0 Å². The van der Waals surface area contributed by atoms with Crippen molar-refractivity contribution in [3.05, 3.63) is 0 Å². The molecule has 5 heteroatoms. The Kier molecular flexibility index (Phi) is 5.77. The molecule has 0 saturated carbocycles. The molecule has 108 valence electrons. The molecule has 0 spiro atoms. The molecule has 0 radical (unpaired) electrons. The maximum absolute atomic E-state index is 12.0. The van der Waals surface area contributed by atoms with Crippen LogP contribution < -0.4 is 0 Å². The Morgan fingerprint density at radius 2 is 1.84 bits per heavy atom. The van der Waals surface area contributed by atoms with E-state index >= 15 is 0 Å². The molecule has 0 atom stereocenters. The number of hydrogen-bond acceptors (Lipinski definition) is 4. The second kappa shape index (κ2) is 6.88. The number of nitrogens with zero attached hydrogens (tertiary/aromatic N) is 4. The highest BCUT2D eigenvalue weighted by Crippen LogP contribution is 2.15. The second-order valence-corrected chi connectivity index (χ2v) is 6.16. The van der Waals surface area contributed by atoms with Gasteiger partial charge < -0.3 is 4.90 Å². The van der Waals surface area contributed by atoms with E-state index in [-0.39, 0.29) is 11.4 Å². The first-order chi connectivity index (χ1) is 8.84. The van der Waals surface area contributed by atoms with Crippen LogP contribution in [0.1, 0.15) is 27.2 Å². The van der Waals surface area contributed by atoms with Crippen LogP contribution >= 0.6 is 0 Å². The Morgan fingerprint density at radius 3 is 2.32 bits per heavy atom. The zero-order valence-electron chi connectivity index (χ0n) is 12.6. The van der Waals surface area contributed by atoms with Gasteiger partial charge >= 0.3 is 0 Å². The van der Waals surface area contributed by atoms with Gasteiger partial charge in [-0.2, -0.15) is 5.26 Å². The minimum absolute atomic E-state index is 0.111. The van der Waals surface area contributed by atoms with Crippen molar-refractivity contribution >= 4 is 5.91 Å². The molecule has 1 aliphatic rings. The lowest BCUT2D eigenvalue weighted by Crippen LogP contribution is -2.54. The van der Waals surface area contributed by atoms with E-state index in [1.165, 1.54) is 0 Å². The maximum atomic E-state index is 12.0. The van der Waals surface area contributed by atoms with Crippen molar-refractivity contribution < 1.29 is 4.79 Å². The molecular weight excluding hydrogens is 240 g/mol. The molecule has 1 saturated heterocycles. The van der Waals surface area contributed by atoms with Gasteiger partial charge in [0.2, 0.25) is 5.91 Å². The van der Waals surface area contributed by atoms with Gasteiger partial charge in [0.1, 0.15) is 0 Å². The molecular formula is C14H26N4O. The van der Waals surface area contributed by atoms with Crippen LogP contribution in [-0.4, -0.2) is 72.5 Å². The fraction of sp³-hybridized carbons (Fsp3) is 0.857. The standard InChI is InChI=1S/C14H26N4O/c1-14(2,3)18-10-8-17(9-11-18)12-13(19)16(4)7-5-6-15/h5,7-12H2,1-4H3. The number of piperazine rings is 1. The average molecular weight is 266 g/mol. The zero-order chi connectivity index (χ0) is 14.5. The Bertz CT molecular complexity index is 334. The van der Waals surface area contributed by atoms with Crippen molar-refractivity contribution in [2.24, 2.45) is 0 Å². The molecule has 0 aromatic heterocycles. The minimum atomic E-state index is 0.111. The lowest BCUT2D eigenvalue weighted by molar-refractivity contribution is -0.131. The number of carbonyl (C=O) groups is 1. The van der Waals surface area contributed by atoms with Crippen molar-refractivity contribution in [2.75, 3.05) is 46.3 Å². The highest BCUT2D eigenvalue weighted by atomic mass is 16.2. The van der Waals surface area contributed by atoms with Crippen molar-refractivity contribution in [1.29, 1.82) is 5.26 Å². The third-order valence-electron chi connectivity index (χ3n) is 3.66. The van der Waals surface area contributed by atoms with Gasteiger partial charge in [-0.25, -0.2) is 0 Å². The van der Waals surface area contributed by atoms with Crippen LogP contribution in [0, 0.1) is 11.3 Å². The lowest BCUT2D eigenvalue weighted by Gasteiger charge is -2.42. The number of nitriles is 1. The average Bonchev–Trinajstić information content (AvgIpc) is 2.35. The fourth-order valence-corrected chi connectivity index (χ4v) is 2.23. The molecule has 19 heavy (non-hydrogen) atoms. The molecule has 0 N–H and O–H groups in total. The van der Waals surface area contributed by atoms with Gasteiger partial charge in [0.05, 0.1) is 19.0 Å².